The molecule has 0 aromatic rings. The normalized spacial score (nSPS) is 31.3. The number of aliphatic hydroxyl groups is 1. The zero-order valence-corrected chi connectivity index (χ0v) is 12.1. The predicted molar refractivity (Wildman–Crippen MR) is 76.2 cm³/mol. The number of methoxy groups -OCH3 is 1. The molecule has 5 nitrogen and oxygen atoms in total. The molecule has 0 bridgehead atoms. The SMILES string of the molecule is C=C1C(=O)O[C@@H]2/C=C(/CO)CC/C=C(/C(=O)OC)CC[C@@H]12. The first kappa shape index (κ1) is 15.5. The second-order valence-electron chi connectivity index (χ2n) is 5.28. The van der Waals surface area contributed by atoms with Crippen LogP contribution in [0.1, 0.15) is 25.7 Å². The highest BCUT2D eigenvalue weighted by Crippen LogP contribution is 2.34. The average molecular weight is 292 g/mol. The number of hydrogen-bond acceptors (Lipinski definition) is 5. The molecule has 0 unspecified atom stereocenters. The van der Waals surface area contributed by atoms with E-state index >= 15 is 0 Å². The van der Waals surface area contributed by atoms with Crippen molar-refractivity contribution < 1.29 is 24.2 Å². The monoisotopic (exact) mass is 292 g/mol. The molecule has 1 aliphatic carbocycles. The number of carbonyl (C=O) groups is 2. The number of esters is 2. The lowest BCUT2D eigenvalue weighted by molar-refractivity contribution is -0.138. The second kappa shape index (κ2) is 6.72. The van der Waals surface area contributed by atoms with Crippen molar-refractivity contribution in [1.82, 2.24) is 0 Å². The Balaban J connectivity index is 2.27. The molecule has 0 amide bonds. The van der Waals surface area contributed by atoms with Crippen LogP contribution < -0.4 is 0 Å². The molecule has 1 aliphatic heterocycles. The predicted octanol–water partition coefficient (Wildman–Crippen LogP) is 1.68. The number of aliphatic hydroxyl groups excluding tert-OH is 1. The van der Waals surface area contributed by atoms with Crippen molar-refractivity contribution >= 4 is 11.9 Å². The molecule has 0 aromatic heterocycles. The summed E-state index contributed by atoms with van der Waals surface area (Å²) < 4.78 is 10.1. The maximum Gasteiger partial charge on any atom is 0.334 e. The summed E-state index contributed by atoms with van der Waals surface area (Å²) in [6, 6.07) is 0. The van der Waals surface area contributed by atoms with Crippen molar-refractivity contribution in [3.63, 3.8) is 0 Å². The number of carbonyl (C=O) groups excluding carboxylic acids is 2. The fraction of sp³-hybridized carbons (Fsp3) is 0.500. The molecule has 1 saturated heterocycles. The summed E-state index contributed by atoms with van der Waals surface area (Å²) in [6.07, 6.45) is 5.63. The Hall–Kier alpha value is -1.88. The third kappa shape index (κ3) is 3.42. The van der Waals surface area contributed by atoms with E-state index in [-0.39, 0.29) is 18.5 Å². The topological polar surface area (TPSA) is 72.8 Å². The Morgan fingerprint density at radius 2 is 2.29 bits per heavy atom. The Morgan fingerprint density at radius 3 is 2.95 bits per heavy atom. The van der Waals surface area contributed by atoms with Crippen LogP contribution in [0.4, 0.5) is 0 Å². The highest BCUT2D eigenvalue weighted by Gasteiger charge is 2.37. The van der Waals surface area contributed by atoms with Gasteiger partial charge in [-0.15, -0.1) is 0 Å². The van der Waals surface area contributed by atoms with Gasteiger partial charge in [0.15, 0.2) is 0 Å². The molecule has 2 rings (SSSR count). The zero-order chi connectivity index (χ0) is 15.4. The molecule has 1 fully saturated rings. The lowest BCUT2D eigenvalue weighted by Crippen LogP contribution is -2.17. The fourth-order valence-corrected chi connectivity index (χ4v) is 2.73. The van der Waals surface area contributed by atoms with E-state index in [0.717, 1.165) is 5.57 Å². The molecule has 0 aromatic carbocycles. The van der Waals surface area contributed by atoms with Crippen LogP contribution in [0.25, 0.3) is 0 Å². The summed E-state index contributed by atoms with van der Waals surface area (Å²) in [7, 11) is 1.35. The van der Waals surface area contributed by atoms with Crippen LogP contribution in [-0.4, -0.2) is 36.9 Å². The Morgan fingerprint density at radius 1 is 1.52 bits per heavy atom. The van der Waals surface area contributed by atoms with Crippen molar-refractivity contribution in [1.29, 1.82) is 0 Å². The van der Waals surface area contributed by atoms with E-state index in [1.165, 1.54) is 7.11 Å². The summed E-state index contributed by atoms with van der Waals surface area (Å²) >= 11 is 0. The molecule has 0 saturated carbocycles. The minimum atomic E-state index is -0.401. The molecule has 5 heteroatoms. The first-order chi connectivity index (χ1) is 10.1. The van der Waals surface area contributed by atoms with Gasteiger partial charge < -0.3 is 14.6 Å². The lowest BCUT2D eigenvalue weighted by Gasteiger charge is -2.18. The molecule has 0 radical (unpaired) electrons. The average Bonchev–Trinajstić information content (AvgIpc) is 2.76. The Labute approximate surface area is 123 Å². The fourth-order valence-electron chi connectivity index (χ4n) is 2.73. The number of ether oxygens (including phenoxy) is 2. The number of rotatable bonds is 2. The summed E-state index contributed by atoms with van der Waals surface area (Å²) in [4.78, 5) is 23.4. The van der Waals surface area contributed by atoms with E-state index < -0.39 is 12.1 Å². The van der Waals surface area contributed by atoms with Crippen molar-refractivity contribution in [2.24, 2.45) is 5.92 Å². The smallest absolute Gasteiger partial charge is 0.334 e. The zero-order valence-electron chi connectivity index (χ0n) is 12.1. The van der Waals surface area contributed by atoms with Crippen LogP contribution in [0.2, 0.25) is 0 Å². The van der Waals surface area contributed by atoms with Gasteiger partial charge in [-0.25, -0.2) is 9.59 Å². The van der Waals surface area contributed by atoms with Crippen LogP contribution in [0.15, 0.2) is 35.5 Å². The van der Waals surface area contributed by atoms with E-state index in [1.807, 2.05) is 12.2 Å². The van der Waals surface area contributed by atoms with Crippen LogP contribution in [0, 0.1) is 5.92 Å². The molecule has 0 spiro atoms. The molecule has 1 N–H and O–H groups in total. The van der Waals surface area contributed by atoms with Crippen molar-refractivity contribution in [2.75, 3.05) is 13.7 Å². The lowest BCUT2D eigenvalue weighted by atomic mass is 9.87. The molecule has 114 valence electrons. The minimum absolute atomic E-state index is 0.0886. The van der Waals surface area contributed by atoms with Gasteiger partial charge in [-0.3, -0.25) is 0 Å². The Bertz CT molecular complexity index is 515. The molecule has 2 aliphatic rings. The van der Waals surface area contributed by atoms with E-state index in [0.29, 0.717) is 36.8 Å². The summed E-state index contributed by atoms with van der Waals surface area (Å²) in [5, 5.41) is 9.40. The maximum absolute atomic E-state index is 11.7. The van der Waals surface area contributed by atoms with Crippen LogP contribution in [0.3, 0.4) is 0 Å². The van der Waals surface area contributed by atoms with Crippen molar-refractivity contribution in [3.8, 4) is 0 Å². The van der Waals surface area contributed by atoms with Crippen LogP contribution >= 0.6 is 0 Å². The van der Waals surface area contributed by atoms with E-state index in [1.54, 1.807) is 0 Å². The van der Waals surface area contributed by atoms with E-state index in [2.05, 4.69) is 6.58 Å². The van der Waals surface area contributed by atoms with E-state index in [4.69, 9.17) is 9.47 Å². The minimum Gasteiger partial charge on any atom is -0.466 e. The van der Waals surface area contributed by atoms with E-state index in [9.17, 15) is 14.7 Å². The van der Waals surface area contributed by atoms with Gasteiger partial charge in [0.1, 0.15) is 6.10 Å². The molecular weight excluding hydrogens is 272 g/mol. The highest BCUT2D eigenvalue weighted by molar-refractivity contribution is 5.91. The summed E-state index contributed by atoms with van der Waals surface area (Å²) in [5.41, 5.74) is 1.83. The third-order valence-electron chi connectivity index (χ3n) is 3.98. The number of allylic oxidation sites excluding steroid dienone is 1. The standard InChI is InChI=1S/C16H20O5/c1-10-13-7-6-12(16(19)20-2)5-3-4-11(9-17)8-14(13)21-15(10)18/h5,8,13-14,17H,1,3-4,6-7,9H2,2H3/b11-8+,12-5+/t13-,14+/m0/s1. The molecular formula is C16H20O5. The second-order valence-corrected chi connectivity index (χ2v) is 5.28. The van der Waals surface area contributed by atoms with Crippen LogP contribution in [-0.2, 0) is 19.1 Å². The highest BCUT2D eigenvalue weighted by atomic mass is 16.6. The first-order valence-corrected chi connectivity index (χ1v) is 7.04. The van der Waals surface area contributed by atoms with Gasteiger partial charge in [0.05, 0.1) is 13.7 Å². The molecule has 2 atom stereocenters. The number of hydrogen-bond donors (Lipinski definition) is 1. The van der Waals surface area contributed by atoms with Crippen molar-refractivity contribution in [3.05, 3.63) is 35.5 Å². The van der Waals surface area contributed by atoms with Gasteiger partial charge in [0.2, 0.25) is 0 Å². The third-order valence-corrected chi connectivity index (χ3v) is 3.98. The maximum atomic E-state index is 11.7. The summed E-state index contributed by atoms with van der Waals surface area (Å²) in [5.74, 6) is -0.913. The van der Waals surface area contributed by atoms with Gasteiger partial charge in [0.25, 0.3) is 0 Å². The van der Waals surface area contributed by atoms with Gasteiger partial charge >= 0.3 is 11.9 Å². The van der Waals surface area contributed by atoms with Gasteiger partial charge in [-0.05, 0) is 37.3 Å². The van der Waals surface area contributed by atoms with Gasteiger partial charge in [0, 0.05) is 17.1 Å². The quantitative estimate of drug-likeness (QED) is 0.476. The van der Waals surface area contributed by atoms with Gasteiger partial charge in [-0.1, -0.05) is 12.7 Å². The van der Waals surface area contributed by atoms with Crippen molar-refractivity contribution in [2.45, 2.75) is 31.8 Å². The van der Waals surface area contributed by atoms with Gasteiger partial charge in [-0.2, -0.15) is 0 Å². The molecule has 21 heavy (non-hydrogen) atoms. The number of fused-ring (bicyclic) bond motifs is 1. The summed E-state index contributed by atoms with van der Waals surface area (Å²) in [6.45, 7) is 3.70. The first-order valence-electron chi connectivity index (χ1n) is 7.04. The van der Waals surface area contributed by atoms with Crippen LogP contribution in [0.5, 0.6) is 0 Å². The largest absolute Gasteiger partial charge is 0.466 e. The molecule has 1 heterocycles. The Kier molecular flexibility index (Phi) is 4.96.